The van der Waals surface area contributed by atoms with Gasteiger partial charge in [0.1, 0.15) is 11.5 Å². The first-order chi connectivity index (χ1) is 15.7. The number of carbonyl (C=O) groups is 1. The van der Waals surface area contributed by atoms with Crippen molar-refractivity contribution in [3.8, 4) is 23.0 Å². The molecular weight excluding hydrogens is 406 g/mol. The van der Waals surface area contributed by atoms with Crippen LogP contribution in [0.4, 0.5) is 0 Å². The molecule has 1 aromatic heterocycles. The van der Waals surface area contributed by atoms with Crippen LogP contribution in [0.1, 0.15) is 31.2 Å². The number of methoxy groups -OCH3 is 1. The van der Waals surface area contributed by atoms with E-state index in [9.17, 15) is 4.79 Å². The van der Waals surface area contributed by atoms with Gasteiger partial charge in [-0.3, -0.25) is 4.79 Å². The highest BCUT2D eigenvalue weighted by molar-refractivity contribution is 5.81. The maximum Gasteiger partial charge on any atom is 0.261 e. The summed E-state index contributed by atoms with van der Waals surface area (Å²) in [6.45, 7) is 2.49. The second-order valence-corrected chi connectivity index (χ2v) is 7.27. The molecule has 1 heterocycles. The first-order valence-electron chi connectivity index (χ1n) is 10.6. The van der Waals surface area contributed by atoms with Gasteiger partial charge in [0, 0.05) is 16.8 Å². The fourth-order valence-corrected chi connectivity index (χ4v) is 3.56. The van der Waals surface area contributed by atoms with Crippen LogP contribution >= 0.6 is 0 Å². The molecule has 0 aliphatic heterocycles. The first kappa shape index (κ1) is 21.4. The Morgan fingerprint density at radius 2 is 1.84 bits per heavy atom. The van der Waals surface area contributed by atoms with Crippen molar-refractivity contribution in [3.05, 3.63) is 77.8 Å². The Morgan fingerprint density at radius 1 is 1.06 bits per heavy atom. The molecule has 2 aromatic carbocycles. The summed E-state index contributed by atoms with van der Waals surface area (Å²) in [4.78, 5) is 17.0. The van der Waals surface area contributed by atoms with Gasteiger partial charge in [0.2, 0.25) is 5.91 Å². The Hall–Kier alpha value is -3.87. The number of carbonyl (C=O) groups excluding carboxylic acids is 1. The molecule has 1 aliphatic carbocycles. The van der Waals surface area contributed by atoms with E-state index in [0.29, 0.717) is 42.7 Å². The molecule has 4 rings (SSSR count). The SMILES string of the molecule is CCOc1ccccc1-c1nc(C2=CC=C(NC(=O)Cc3ccccc3OC)CC2)no1. The molecule has 1 amide bonds. The number of nitrogens with zero attached hydrogens (tertiary/aromatic N) is 2. The molecule has 0 radical (unpaired) electrons. The van der Waals surface area contributed by atoms with Crippen molar-refractivity contribution < 1.29 is 18.8 Å². The van der Waals surface area contributed by atoms with Gasteiger partial charge in [-0.25, -0.2) is 0 Å². The maximum atomic E-state index is 12.5. The van der Waals surface area contributed by atoms with Crippen LogP contribution < -0.4 is 14.8 Å². The molecule has 1 N–H and O–H groups in total. The monoisotopic (exact) mass is 431 g/mol. The van der Waals surface area contributed by atoms with Crippen LogP contribution in [0.15, 0.2) is 70.9 Å². The zero-order valence-corrected chi connectivity index (χ0v) is 18.1. The van der Waals surface area contributed by atoms with E-state index in [2.05, 4.69) is 15.5 Å². The molecule has 0 spiro atoms. The number of ether oxygens (including phenoxy) is 2. The molecule has 0 unspecified atom stereocenters. The number of allylic oxidation sites excluding steroid dienone is 4. The van der Waals surface area contributed by atoms with Crippen molar-refractivity contribution in [1.29, 1.82) is 0 Å². The number of benzene rings is 2. The number of hydrogen-bond donors (Lipinski definition) is 1. The van der Waals surface area contributed by atoms with Crippen molar-refractivity contribution in [1.82, 2.24) is 15.5 Å². The van der Waals surface area contributed by atoms with Crippen molar-refractivity contribution in [2.24, 2.45) is 0 Å². The normalized spacial score (nSPS) is 13.2. The van der Waals surface area contributed by atoms with Gasteiger partial charge < -0.3 is 19.3 Å². The minimum atomic E-state index is -0.0769. The van der Waals surface area contributed by atoms with Crippen LogP contribution in [0.2, 0.25) is 0 Å². The van der Waals surface area contributed by atoms with Gasteiger partial charge in [0.05, 0.1) is 25.7 Å². The lowest BCUT2D eigenvalue weighted by Gasteiger charge is -2.14. The second-order valence-electron chi connectivity index (χ2n) is 7.27. The van der Waals surface area contributed by atoms with Crippen LogP contribution in [-0.2, 0) is 11.2 Å². The summed E-state index contributed by atoms with van der Waals surface area (Å²) in [5, 5.41) is 7.12. The highest BCUT2D eigenvalue weighted by Crippen LogP contribution is 2.31. The summed E-state index contributed by atoms with van der Waals surface area (Å²) in [5.41, 5.74) is 3.44. The number of rotatable bonds is 8. The highest BCUT2D eigenvalue weighted by Gasteiger charge is 2.18. The molecule has 1 aliphatic rings. The topological polar surface area (TPSA) is 86.5 Å². The minimum Gasteiger partial charge on any atom is -0.496 e. The molecule has 0 saturated heterocycles. The first-order valence-corrected chi connectivity index (χ1v) is 10.6. The van der Waals surface area contributed by atoms with E-state index < -0.39 is 0 Å². The van der Waals surface area contributed by atoms with Gasteiger partial charge in [0.25, 0.3) is 5.89 Å². The lowest BCUT2D eigenvalue weighted by molar-refractivity contribution is -0.119. The zero-order chi connectivity index (χ0) is 22.3. The third-order valence-corrected chi connectivity index (χ3v) is 5.12. The van der Waals surface area contributed by atoms with E-state index in [1.54, 1.807) is 7.11 Å². The van der Waals surface area contributed by atoms with E-state index in [0.717, 1.165) is 22.4 Å². The summed E-state index contributed by atoms with van der Waals surface area (Å²) in [7, 11) is 1.60. The van der Waals surface area contributed by atoms with Crippen LogP contribution in [0.5, 0.6) is 11.5 Å². The Morgan fingerprint density at radius 3 is 2.59 bits per heavy atom. The predicted octanol–water partition coefficient (Wildman–Crippen LogP) is 4.56. The molecule has 32 heavy (non-hydrogen) atoms. The number of aromatic nitrogens is 2. The Balaban J connectivity index is 1.43. The minimum absolute atomic E-state index is 0.0769. The predicted molar refractivity (Wildman–Crippen MR) is 121 cm³/mol. The lowest BCUT2D eigenvalue weighted by Crippen LogP contribution is -2.25. The number of nitrogens with one attached hydrogen (secondary N) is 1. The lowest BCUT2D eigenvalue weighted by atomic mass is 10.0. The molecule has 7 nitrogen and oxygen atoms in total. The Bertz CT molecular complexity index is 1160. The molecule has 0 atom stereocenters. The molecule has 164 valence electrons. The van der Waals surface area contributed by atoms with Gasteiger partial charge in [-0.05, 0) is 44.0 Å². The van der Waals surface area contributed by atoms with Crippen molar-refractivity contribution in [3.63, 3.8) is 0 Å². The number of amides is 1. The third-order valence-electron chi connectivity index (χ3n) is 5.12. The third kappa shape index (κ3) is 4.88. The van der Waals surface area contributed by atoms with Crippen molar-refractivity contribution >= 4 is 11.5 Å². The summed E-state index contributed by atoms with van der Waals surface area (Å²) in [6, 6.07) is 15.1. The smallest absolute Gasteiger partial charge is 0.261 e. The van der Waals surface area contributed by atoms with Gasteiger partial charge in [-0.15, -0.1) is 0 Å². The van der Waals surface area contributed by atoms with Gasteiger partial charge in [0.15, 0.2) is 5.82 Å². The molecule has 0 fully saturated rings. The van der Waals surface area contributed by atoms with Gasteiger partial charge in [-0.1, -0.05) is 41.6 Å². The van der Waals surface area contributed by atoms with Crippen LogP contribution in [-0.4, -0.2) is 29.8 Å². The van der Waals surface area contributed by atoms with Crippen LogP contribution in [0, 0.1) is 0 Å². The Kier molecular flexibility index (Phi) is 6.65. The average Bonchev–Trinajstić information content (AvgIpc) is 3.30. The summed E-state index contributed by atoms with van der Waals surface area (Å²) in [5.74, 6) is 2.31. The van der Waals surface area contributed by atoms with Gasteiger partial charge >= 0.3 is 0 Å². The maximum absolute atomic E-state index is 12.5. The quantitative estimate of drug-likeness (QED) is 0.563. The summed E-state index contributed by atoms with van der Waals surface area (Å²) < 4.78 is 16.5. The highest BCUT2D eigenvalue weighted by atomic mass is 16.5. The van der Waals surface area contributed by atoms with E-state index in [1.165, 1.54) is 0 Å². The standard InChI is InChI=1S/C25H25N3O4/c1-3-31-22-11-7-5-9-20(22)25-27-24(28-32-25)17-12-14-19(15-13-17)26-23(29)16-18-8-4-6-10-21(18)30-2/h4-12,14H,3,13,15-16H2,1-2H3,(H,26,29). The van der Waals surface area contributed by atoms with Crippen molar-refractivity contribution in [2.45, 2.75) is 26.2 Å². The molecule has 3 aromatic rings. The molecule has 0 saturated carbocycles. The Labute approximate surface area is 186 Å². The van der Waals surface area contributed by atoms with Gasteiger partial charge in [-0.2, -0.15) is 4.98 Å². The molecular formula is C25H25N3O4. The van der Waals surface area contributed by atoms with E-state index in [-0.39, 0.29) is 12.3 Å². The second kappa shape index (κ2) is 9.96. The van der Waals surface area contributed by atoms with Crippen LogP contribution in [0.3, 0.4) is 0 Å². The van der Waals surface area contributed by atoms with E-state index in [4.69, 9.17) is 14.0 Å². The van der Waals surface area contributed by atoms with E-state index >= 15 is 0 Å². The summed E-state index contributed by atoms with van der Waals surface area (Å²) >= 11 is 0. The fraction of sp³-hybridized carbons (Fsp3) is 0.240. The fourth-order valence-electron chi connectivity index (χ4n) is 3.56. The van der Waals surface area contributed by atoms with E-state index in [1.807, 2.05) is 67.6 Å². The average molecular weight is 431 g/mol. The summed E-state index contributed by atoms with van der Waals surface area (Å²) in [6.07, 6.45) is 5.45. The zero-order valence-electron chi connectivity index (χ0n) is 18.1. The number of hydrogen-bond acceptors (Lipinski definition) is 6. The van der Waals surface area contributed by atoms with Crippen molar-refractivity contribution in [2.75, 3.05) is 13.7 Å². The number of para-hydroxylation sites is 2. The molecule has 0 bridgehead atoms. The largest absolute Gasteiger partial charge is 0.496 e. The molecule has 7 heteroatoms. The van der Waals surface area contributed by atoms with Crippen LogP contribution in [0.25, 0.3) is 17.0 Å².